The van der Waals surface area contributed by atoms with Crippen LogP contribution >= 0.6 is 0 Å². The van der Waals surface area contributed by atoms with Crippen molar-refractivity contribution in [1.29, 1.82) is 0 Å². The molecule has 1 saturated heterocycles. The van der Waals surface area contributed by atoms with Crippen LogP contribution in [0.15, 0.2) is 58.9 Å². The first-order chi connectivity index (χ1) is 12.1. The van der Waals surface area contributed by atoms with Gasteiger partial charge in [0, 0.05) is 0 Å². The molecule has 0 bridgehead atoms. The minimum Gasteiger partial charge on any atom is -0.271 e. The molecule has 4 rings (SSSR count). The Morgan fingerprint density at radius 1 is 1.00 bits per heavy atom. The van der Waals surface area contributed by atoms with Crippen molar-refractivity contribution in [2.24, 2.45) is 10.3 Å². The highest BCUT2D eigenvalue weighted by Gasteiger charge is 2.54. The maximum atomic E-state index is 12.9. The highest BCUT2D eigenvalue weighted by Crippen LogP contribution is 2.32. The predicted octanol–water partition coefficient (Wildman–Crippen LogP) is 2.80. The van der Waals surface area contributed by atoms with E-state index in [0.29, 0.717) is 12.2 Å². The summed E-state index contributed by atoms with van der Waals surface area (Å²) < 4.78 is 0. The second-order valence-electron chi connectivity index (χ2n) is 6.47. The summed E-state index contributed by atoms with van der Waals surface area (Å²) in [5, 5.41) is 9.81. The van der Waals surface area contributed by atoms with Crippen LogP contribution in [0, 0.1) is 13.8 Å². The number of hydrogen-bond donors (Lipinski definition) is 0. The van der Waals surface area contributed by atoms with Crippen molar-refractivity contribution in [2.75, 3.05) is 4.90 Å². The van der Waals surface area contributed by atoms with Crippen molar-refractivity contribution in [3.05, 3.63) is 65.2 Å². The molecule has 2 amide bonds. The summed E-state index contributed by atoms with van der Waals surface area (Å²) in [6.45, 7) is 4.51. The molecule has 0 saturated carbocycles. The second kappa shape index (κ2) is 5.81. The lowest BCUT2D eigenvalue weighted by atomic mass is 10.0. The smallest absolute Gasteiger partial charge is 0.263 e. The van der Waals surface area contributed by atoms with Crippen LogP contribution in [0.5, 0.6) is 0 Å². The lowest BCUT2D eigenvalue weighted by Gasteiger charge is -2.21. The molecule has 2 aromatic rings. The number of amides is 2. The van der Waals surface area contributed by atoms with E-state index in [4.69, 9.17) is 0 Å². The molecule has 0 aromatic heterocycles. The van der Waals surface area contributed by atoms with Crippen LogP contribution in [0.25, 0.3) is 0 Å². The normalized spacial score (nSPS) is 22.0. The fourth-order valence-corrected chi connectivity index (χ4v) is 3.33. The molecule has 2 aliphatic rings. The molecule has 2 atom stereocenters. The summed E-state index contributed by atoms with van der Waals surface area (Å²) in [5.41, 5.74) is 3.93. The molecule has 126 valence electrons. The first-order valence-corrected chi connectivity index (χ1v) is 8.22. The predicted molar refractivity (Wildman–Crippen MR) is 92.8 cm³/mol. The van der Waals surface area contributed by atoms with Crippen LogP contribution in [0.3, 0.4) is 0 Å². The van der Waals surface area contributed by atoms with Crippen molar-refractivity contribution < 1.29 is 9.59 Å². The molecule has 0 unspecified atom stereocenters. The van der Waals surface area contributed by atoms with E-state index in [0.717, 1.165) is 16.7 Å². The van der Waals surface area contributed by atoms with E-state index in [9.17, 15) is 9.59 Å². The summed E-state index contributed by atoms with van der Waals surface area (Å²) >= 11 is 0. The van der Waals surface area contributed by atoms with Gasteiger partial charge in [-0.1, -0.05) is 47.2 Å². The monoisotopic (exact) mass is 334 g/mol. The van der Waals surface area contributed by atoms with Gasteiger partial charge in [0.05, 0.1) is 12.2 Å². The van der Waals surface area contributed by atoms with Crippen LogP contribution in [-0.2, 0) is 16.1 Å². The van der Waals surface area contributed by atoms with Crippen molar-refractivity contribution >= 4 is 17.5 Å². The fourth-order valence-electron chi connectivity index (χ4n) is 3.33. The van der Waals surface area contributed by atoms with E-state index in [1.165, 1.54) is 4.90 Å². The molecule has 0 radical (unpaired) electrons. The molecule has 2 aliphatic heterocycles. The number of anilines is 1. The van der Waals surface area contributed by atoms with Gasteiger partial charge in [0.2, 0.25) is 0 Å². The maximum Gasteiger partial charge on any atom is 0.263 e. The van der Waals surface area contributed by atoms with E-state index in [-0.39, 0.29) is 11.8 Å². The van der Waals surface area contributed by atoms with Crippen molar-refractivity contribution in [3.63, 3.8) is 0 Å². The van der Waals surface area contributed by atoms with Crippen LogP contribution in [0.2, 0.25) is 0 Å². The van der Waals surface area contributed by atoms with Crippen LogP contribution in [0.4, 0.5) is 5.69 Å². The van der Waals surface area contributed by atoms with E-state index in [1.807, 2.05) is 26.0 Å². The lowest BCUT2D eigenvalue weighted by molar-refractivity contribution is -0.123. The Bertz CT molecular complexity index is 878. The number of imide groups is 1. The molecule has 6 heteroatoms. The zero-order valence-electron chi connectivity index (χ0n) is 14.1. The Morgan fingerprint density at radius 2 is 1.76 bits per heavy atom. The Labute approximate surface area is 145 Å². The standard InChI is InChI=1S/C19H18N4O2/c1-12-8-9-13(2)14(10-12)11-22-17-16(20-21-22)18(24)23(19(17)25)15-6-4-3-5-7-15/h3-10,16-17H,11H2,1-2H3/t16-,17-/m1/s1. The molecule has 0 spiro atoms. The third-order valence-electron chi connectivity index (χ3n) is 4.71. The molecule has 2 aromatic carbocycles. The minimum absolute atomic E-state index is 0.267. The number of para-hydroxylation sites is 1. The summed E-state index contributed by atoms with van der Waals surface area (Å²) in [7, 11) is 0. The van der Waals surface area contributed by atoms with Crippen molar-refractivity contribution in [1.82, 2.24) is 5.01 Å². The third kappa shape index (κ3) is 2.50. The SMILES string of the molecule is Cc1ccc(C)c(CN2N=N[C@H]3C(=O)N(c4ccccc4)C(=O)[C@@H]32)c1. The number of nitrogens with zero attached hydrogens (tertiary/aromatic N) is 4. The maximum absolute atomic E-state index is 12.9. The van der Waals surface area contributed by atoms with Gasteiger partial charge in [-0.3, -0.25) is 14.6 Å². The molecular weight excluding hydrogens is 316 g/mol. The number of benzene rings is 2. The first-order valence-electron chi connectivity index (χ1n) is 8.22. The van der Waals surface area contributed by atoms with Gasteiger partial charge in [-0.05, 0) is 37.1 Å². The van der Waals surface area contributed by atoms with Crippen LogP contribution < -0.4 is 4.90 Å². The molecule has 0 aliphatic carbocycles. The van der Waals surface area contributed by atoms with Gasteiger partial charge in [-0.15, -0.1) is 0 Å². The molecule has 1 fully saturated rings. The van der Waals surface area contributed by atoms with E-state index >= 15 is 0 Å². The first kappa shape index (κ1) is 15.5. The molecular formula is C19H18N4O2. The number of aryl methyl sites for hydroxylation is 2. The highest BCUT2D eigenvalue weighted by atomic mass is 16.2. The number of hydrogen-bond acceptors (Lipinski definition) is 5. The van der Waals surface area contributed by atoms with Gasteiger partial charge < -0.3 is 0 Å². The quantitative estimate of drug-likeness (QED) is 0.811. The molecule has 2 heterocycles. The lowest BCUT2D eigenvalue weighted by Crippen LogP contribution is -2.39. The van der Waals surface area contributed by atoms with Gasteiger partial charge >= 0.3 is 0 Å². The number of rotatable bonds is 3. The van der Waals surface area contributed by atoms with E-state index in [2.05, 4.69) is 22.5 Å². The Kier molecular flexibility index (Phi) is 3.60. The van der Waals surface area contributed by atoms with Crippen molar-refractivity contribution in [3.8, 4) is 0 Å². The molecule has 25 heavy (non-hydrogen) atoms. The van der Waals surface area contributed by atoms with Crippen LogP contribution in [-0.4, -0.2) is 28.9 Å². The van der Waals surface area contributed by atoms with E-state index in [1.54, 1.807) is 29.3 Å². The number of fused-ring (bicyclic) bond motifs is 1. The van der Waals surface area contributed by atoms with E-state index < -0.39 is 12.1 Å². The Morgan fingerprint density at radius 3 is 2.52 bits per heavy atom. The fraction of sp³-hybridized carbons (Fsp3) is 0.263. The molecule has 6 nitrogen and oxygen atoms in total. The zero-order chi connectivity index (χ0) is 17.6. The topological polar surface area (TPSA) is 65.3 Å². The van der Waals surface area contributed by atoms with Crippen molar-refractivity contribution in [2.45, 2.75) is 32.5 Å². The average molecular weight is 334 g/mol. The number of carbonyl (C=O) groups is 2. The van der Waals surface area contributed by atoms with Gasteiger partial charge in [0.1, 0.15) is 0 Å². The average Bonchev–Trinajstić information content (AvgIpc) is 3.12. The Balaban J connectivity index is 1.62. The largest absolute Gasteiger partial charge is 0.271 e. The van der Waals surface area contributed by atoms with Gasteiger partial charge in [-0.25, -0.2) is 4.90 Å². The number of carbonyl (C=O) groups excluding carboxylic acids is 2. The summed E-state index contributed by atoms with van der Waals surface area (Å²) in [6.07, 6.45) is 0. The van der Waals surface area contributed by atoms with Crippen LogP contribution in [0.1, 0.15) is 16.7 Å². The summed E-state index contributed by atoms with van der Waals surface area (Å²) in [4.78, 5) is 26.8. The minimum atomic E-state index is -0.752. The molecule has 0 N–H and O–H groups in total. The van der Waals surface area contributed by atoms with Gasteiger partial charge in [0.25, 0.3) is 11.8 Å². The second-order valence-corrected chi connectivity index (χ2v) is 6.47. The summed E-state index contributed by atoms with van der Waals surface area (Å²) in [5.74, 6) is -0.579. The summed E-state index contributed by atoms with van der Waals surface area (Å²) in [6, 6.07) is 13.7. The zero-order valence-corrected chi connectivity index (χ0v) is 14.1. The highest BCUT2D eigenvalue weighted by molar-refractivity contribution is 6.25. The Hall–Kier alpha value is -3.02. The van der Waals surface area contributed by atoms with Gasteiger partial charge in [-0.2, -0.15) is 5.11 Å². The van der Waals surface area contributed by atoms with Gasteiger partial charge in [0.15, 0.2) is 12.1 Å². The third-order valence-corrected chi connectivity index (χ3v) is 4.71.